The van der Waals surface area contributed by atoms with Crippen molar-refractivity contribution in [2.75, 3.05) is 0 Å². The highest BCUT2D eigenvalue weighted by Gasteiger charge is 2.34. The van der Waals surface area contributed by atoms with Crippen LogP contribution in [0.5, 0.6) is 0 Å². The molecule has 3 aliphatic carbocycles. The minimum absolute atomic E-state index is 0.0276. The Morgan fingerprint density at radius 3 is 2.46 bits per heavy atom. The molecule has 5 aromatic rings. The summed E-state index contributed by atoms with van der Waals surface area (Å²) >= 11 is 0. The maximum Gasteiger partial charge on any atom is 0.235 e. The number of nitrogens with zero attached hydrogens (tertiary/aromatic N) is 3. The Bertz CT molecular complexity index is 2550. The molecule has 9 rings (SSSR count). The molecule has 246 valence electrons. The van der Waals surface area contributed by atoms with E-state index in [4.69, 9.17) is 9.98 Å². The van der Waals surface area contributed by atoms with Crippen LogP contribution in [-0.4, -0.2) is 16.2 Å². The molecule has 0 amide bonds. The SMILES string of the molecule is CC1=C2\C=c3c(n(C4=NC5=CC=CC(C)[C@@H]5C(c5ccccc5)=N4)c4ccc5ccccc5c34)=C(C2)c2ccccc2C(C)(C)CC(C)/C=C\1. The minimum Gasteiger partial charge on any atom is -0.278 e. The van der Waals surface area contributed by atoms with E-state index in [1.165, 1.54) is 54.6 Å². The van der Waals surface area contributed by atoms with E-state index >= 15 is 0 Å². The first-order valence-corrected chi connectivity index (χ1v) is 18.1. The van der Waals surface area contributed by atoms with Crippen molar-refractivity contribution in [2.45, 2.75) is 52.9 Å². The van der Waals surface area contributed by atoms with Gasteiger partial charge in [-0.05, 0) is 93.0 Å². The summed E-state index contributed by atoms with van der Waals surface area (Å²) in [6.45, 7) is 11.8. The highest BCUT2D eigenvalue weighted by atomic mass is 15.2. The second kappa shape index (κ2) is 11.7. The predicted octanol–water partition coefficient (Wildman–Crippen LogP) is 9.78. The smallest absolute Gasteiger partial charge is 0.235 e. The summed E-state index contributed by atoms with van der Waals surface area (Å²) in [6, 6.07) is 33.2. The van der Waals surface area contributed by atoms with Gasteiger partial charge in [-0.1, -0.05) is 137 Å². The molecule has 50 heavy (non-hydrogen) atoms. The Morgan fingerprint density at radius 2 is 1.60 bits per heavy atom. The molecule has 2 heterocycles. The summed E-state index contributed by atoms with van der Waals surface area (Å²) in [4.78, 5) is 11.0. The molecule has 0 spiro atoms. The van der Waals surface area contributed by atoms with Gasteiger partial charge in [0, 0.05) is 17.0 Å². The lowest BCUT2D eigenvalue weighted by Gasteiger charge is -2.31. The molecular formula is C47H43N3. The molecule has 2 bridgehead atoms. The number of aromatic nitrogens is 1. The highest BCUT2D eigenvalue weighted by molar-refractivity contribution is 6.16. The van der Waals surface area contributed by atoms with Crippen LogP contribution in [0.2, 0.25) is 0 Å². The van der Waals surface area contributed by atoms with Gasteiger partial charge in [-0.15, -0.1) is 0 Å². The van der Waals surface area contributed by atoms with Gasteiger partial charge in [0.05, 0.1) is 28.2 Å². The molecule has 1 aromatic heterocycles. The summed E-state index contributed by atoms with van der Waals surface area (Å²) in [6.07, 6.45) is 15.8. The van der Waals surface area contributed by atoms with Gasteiger partial charge in [0.1, 0.15) is 0 Å². The van der Waals surface area contributed by atoms with Crippen molar-refractivity contribution in [3.63, 3.8) is 0 Å². The van der Waals surface area contributed by atoms with E-state index in [0.29, 0.717) is 11.8 Å². The van der Waals surface area contributed by atoms with Gasteiger partial charge >= 0.3 is 0 Å². The number of allylic oxidation sites excluding steroid dienone is 8. The molecule has 3 nitrogen and oxygen atoms in total. The molecule has 3 heteroatoms. The van der Waals surface area contributed by atoms with Gasteiger partial charge in [-0.3, -0.25) is 4.57 Å². The first-order chi connectivity index (χ1) is 24.3. The van der Waals surface area contributed by atoms with Gasteiger partial charge < -0.3 is 0 Å². The highest BCUT2D eigenvalue weighted by Crippen LogP contribution is 2.40. The van der Waals surface area contributed by atoms with E-state index < -0.39 is 0 Å². The Balaban J connectivity index is 1.48. The van der Waals surface area contributed by atoms with E-state index in [0.717, 1.165) is 41.3 Å². The Morgan fingerprint density at radius 1 is 0.820 bits per heavy atom. The number of hydrogen-bond acceptors (Lipinski definition) is 2. The lowest BCUT2D eigenvalue weighted by molar-refractivity contribution is 0.422. The van der Waals surface area contributed by atoms with E-state index in [1.54, 1.807) is 0 Å². The number of rotatable bonds is 1. The van der Waals surface area contributed by atoms with Crippen molar-refractivity contribution < 1.29 is 0 Å². The zero-order valence-electron chi connectivity index (χ0n) is 29.6. The van der Waals surface area contributed by atoms with Gasteiger partial charge in [-0.2, -0.15) is 0 Å². The normalized spacial score (nSPS) is 24.6. The van der Waals surface area contributed by atoms with E-state index in [9.17, 15) is 0 Å². The molecule has 4 aliphatic rings. The van der Waals surface area contributed by atoms with Crippen molar-refractivity contribution in [3.05, 3.63) is 165 Å². The van der Waals surface area contributed by atoms with Crippen LogP contribution in [-0.2, 0) is 5.41 Å². The molecule has 4 aromatic carbocycles. The zero-order chi connectivity index (χ0) is 34.1. The number of aliphatic imine (C=N–C) groups is 2. The summed E-state index contributed by atoms with van der Waals surface area (Å²) in [5, 5.41) is 6.22. The standard InChI is InChI=1S/C47H43N3/c1-29-22-23-30(2)34-26-37(36-19-11-12-20-39(36)47(4,5)28-29)45-38(27-34)43-35-18-10-9-15-32(35)24-25-41(43)50(45)46-48-40-21-13-14-31(3)42(40)44(49-46)33-16-7-6-8-17-33/h6-25,27,29,31,42H,26,28H2,1-5H3/b23-22-,34-30+/t29?,31?,42-/m0/s1. The van der Waals surface area contributed by atoms with Gasteiger partial charge in [0.15, 0.2) is 0 Å². The van der Waals surface area contributed by atoms with Crippen LogP contribution in [0.25, 0.3) is 33.3 Å². The quantitative estimate of drug-likeness (QED) is 0.173. The third kappa shape index (κ3) is 4.86. The largest absolute Gasteiger partial charge is 0.278 e. The maximum absolute atomic E-state index is 5.58. The van der Waals surface area contributed by atoms with Crippen LogP contribution < -0.4 is 10.6 Å². The minimum atomic E-state index is -0.0276. The topological polar surface area (TPSA) is 29.6 Å². The van der Waals surface area contributed by atoms with Crippen LogP contribution >= 0.6 is 0 Å². The molecule has 0 saturated heterocycles. The summed E-state index contributed by atoms with van der Waals surface area (Å²) in [7, 11) is 0. The first kappa shape index (κ1) is 30.8. The molecule has 0 radical (unpaired) electrons. The van der Waals surface area contributed by atoms with E-state index in [1.807, 2.05) is 0 Å². The number of benzene rings is 4. The third-order valence-corrected chi connectivity index (χ3v) is 11.4. The zero-order valence-corrected chi connectivity index (χ0v) is 29.6. The van der Waals surface area contributed by atoms with Crippen molar-refractivity contribution in [1.82, 2.24) is 4.57 Å². The maximum atomic E-state index is 5.58. The summed E-state index contributed by atoms with van der Waals surface area (Å²) in [5.41, 5.74) is 11.2. The average Bonchev–Trinajstić information content (AvgIpc) is 3.47. The van der Waals surface area contributed by atoms with Crippen LogP contribution in [0.1, 0.15) is 64.2 Å². The van der Waals surface area contributed by atoms with Gasteiger partial charge in [0.25, 0.3) is 0 Å². The van der Waals surface area contributed by atoms with E-state index in [-0.39, 0.29) is 11.3 Å². The van der Waals surface area contributed by atoms with Gasteiger partial charge in [-0.25, -0.2) is 9.98 Å². The molecular weight excluding hydrogens is 607 g/mol. The van der Waals surface area contributed by atoms with Crippen LogP contribution in [0.3, 0.4) is 0 Å². The van der Waals surface area contributed by atoms with Crippen LogP contribution in [0.4, 0.5) is 0 Å². The van der Waals surface area contributed by atoms with Crippen molar-refractivity contribution >= 4 is 45.0 Å². The fourth-order valence-corrected chi connectivity index (χ4v) is 9.03. The molecule has 3 atom stereocenters. The Hall–Kier alpha value is -5.28. The van der Waals surface area contributed by atoms with E-state index in [2.05, 4.69) is 167 Å². The Kier molecular flexibility index (Phi) is 7.17. The van der Waals surface area contributed by atoms with Crippen LogP contribution in [0.15, 0.2) is 148 Å². The first-order valence-electron chi connectivity index (χ1n) is 18.1. The third-order valence-electron chi connectivity index (χ3n) is 11.4. The fraction of sp³-hybridized carbons (Fsp3) is 0.234. The molecule has 0 saturated carbocycles. The molecule has 0 fully saturated rings. The lowest BCUT2D eigenvalue weighted by atomic mass is 9.74. The van der Waals surface area contributed by atoms with Gasteiger partial charge in [0.2, 0.25) is 5.96 Å². The number of fused-ring (bicyclic) bond motifs is 10. The van der Waals surface area contributed by atoms with Crippen molar-refractivity contribution in [1.29, 1.82) is 0 Å². The predicted molar refractivity (Wildman–Crippen MR) is 211 cm³/mol. The molecule has 0 N–H and O–H groups in total. The summed E-state index contributed by atoms with van der Waals surface area (Å²) in [5.74, 6) is 1.59. The average molecular weight is 650 g/mol. The summed E-state index contributed by atoms with van der Waals surface area (Å²) < 4.78 is 2.40. The van der Waals surface area contributed by atoms with Crippen molar-refractivity contribution in [3.8, 4) is 0 Å². The number of hydrogen-bond donors (Lipinski definition) is 0. The molecule has 2 unspecified atom stereocenters. The second-order valence-corrected chi connectivity index (χ2v) is 15.3. The Labute approximate surface area is 294 Å². The molecule has 1 aliphatic heterocycles. The van der Waals surface area contributed by atoms with Crippen molar-refractivity contribution in [2.24, 2.45) is 27.7 Å². The van der Waals surface area contributed by atoms with Crippen LogP contribution in [0, 0.1) is 17.8 Å². The fourth-order valence-electron chi connectivity index (χ4n) is 9.03. The second-order valence-electron chi connectivity index (χ2n) is 15.3. The monoisotopic (exact) mass is 649 g/mol. The lowest BCUT2D eigenvalue weighted by Crippen LogP contribution is -2.40.